The standard InChI is InChI=1S/C10H11FO5S/c1-16-10(12)8(6-17(13,14)15)7-4-2-3-5-9(7)11/h2-5,8H,6H2,1H3,(H,13,14,15). The summed E-state index contributed by atoms with van der Waals surface area (Å²) < 4.78 is 48.1. The molecular weight excluding hydrogens is 251 g/mol. The molecule has 0 radical (unpaired) electrons. The van der Waals surface area contributed by atoms with Crippen molar-refractivity contribution in [1.29, 1.82) is 0 Å². The molecule has 1 aromatic carbocycles. The molecule has 0 aliphatic heterocycles. The van der Waals surface area contributed by atoms with Crippen LogP contribution in [-0.4, -0.2) is 31.8 Å². The quantitative estimate of drug-likeness (QED) is 0.646. The van der Waals surface area contributed by atoms with Crippen LogP contribution in [0.25, 0.3) is 0 Å². The SMILES string of the molecule is COC(=O)C(CS(=O)(=O)O)c1ccccc1F. The third-order valence-electron chi connectivity index (χ3n) is 2.14. The lowest BCUT2D eigenvalue weighted by atomic mass is 10.0. The van der Waals surface area contributed by atoms with Gasteiger partial charge in [-0.15, -0.1) is 0 Å². The van der Waals surface area contributed by atoms with Crippen LogP contribution in [0.15, 0.2) is 24.3 Å². The summed E-state index contributed by atoms with van der Waals surface area (Å²) in [7, 11) is -3.36. The highest BCUT2D eigenvalue weighted by Crippen LogP contribution is 2.22. The van der Waals surface area contributed by atoms with Crippen LogP contribution in [0.3, 0.4) is 0 Å². The molecule has 0 spiro atoms. The molecular formula is C10H11FO5S. The lowest BCUT2D eigenvalue weighted by Gasteiger charge is -2.13. The van der Waals surface area contributed by atoms with E-state index in [0.29, 0.717) is 0 Å². The summed E-state index contributed by atoms with van der Waals surface area (Å²) in [6, 6.07) is 5.22. The molecule has 0 aliphatic rings. The summed E-state index contributed by atoms with van der Waals surface area (Å²) in [4.78, 5) is 11.4. The van der Waals surface area contributed by atoms with Crippen molar-refractivity contribution < 1.29 is 26.9 Å². The Balaban J connectivity index is 3.16. The van der Waals surface area contributed by atoms with Crippen LogP contribution < -0.4 is 0 Å². The molecule has 1 rings (SSSR count). The normalized spacial score (nSPS) is 13.1. The Hall–Kier alpha value is -1.47. The van der Waals surface area contributed by atoms with E-state index in [1.165, 1.54) is 18.2 Å². The fraction of sp³-hybridized carbons (Fsp3) is 0.300. The average Bonchev–Trinajstić information content (AvgIpc) is 2.25. The number of benzene rings is 1. The molecule has 0 saturated heterocycles. The molecule has 17 heavy (non-hydrogen) atoms. The molecule has 0 bridgehead atoms. The first-order chi connectivity index (χ1) is 7.85. The second-order valence-corrected chi connectivity index (χ2v) is 4.84. The minimum Gasteiger partial charge on any atom is -0.469 e. The van der Waals surface area contributed by atoms with E-state index in [-0.39, 0.29) is 5.56 Å². The van der Waals surface area contributed by atoms with Gasteiger partial charge in [0.25, 0.3) is 10.1 Å². The lowest BCUT2D eigenvalue weighted by molar-refractivity contribution is -0.142. The van der Waals surface area contributed by atoms with Gasteiger partial charge in [-0.3, -0.25) is 9.35 Å². The Morgan fingerprint density at radius 1 is 1.47 bits per heavy atom. The molecule has 1 atom stereocenters. The van der Waals surface area contributed by atoms with Crippen molar-refractivity contribution in [3.63, 3.8) is 0 Å². The summed E-state index contributed by atoms with van der Waals surface area (Å²) in [6.07, 6.45) is 0. The van der Waals surface area contributed by atoms with Gasteiger partial charge >= 0.3 is 5.97 Å². The van der Waals surface area contributed by atoms with Crippen LogP contribution in [0.5, 0.6) is 0 Å². The zero-order valence-electron chi connectivity index (χ0n) is 8.96. The van der Waals surface area contributed by atoms with Crippen molar-refractivity contribution in [2.45, 2.75) is 5.92 Å². The Labute approximate surface area is 98.0 Å². The highest BCUT2D eigenvalue weighted by atomic mass is 32.2. The number of halogens is 1. The van der Waals surface area contributed by atoms with Gasteiger partial charge in [-0.2, -0.15) is 8.42 Å². The van der Waals surface area contributed by atoms with Crippen molar-refractivity contribution >= 4 is 16.1 Å². The fourth-order valence-corrected chi connectivity index (χ4v) is 2.13. The molecule has 94 valence electrons. The molecule has 7 heteroatoms. The number of esters is 1. The summed E-state index contributed by atoms with van der Waals surface area (Å²) in [5.74, 6) is -3.95. The number of hydrogen-bond acceptors (Lipinski definition) is 4. The van der Waals surface area contributed by atoms with Gasteiger partial charge in [0, 0.05) is 5.56 Å². The van der Waals surface area contributed by atoms with Crippen molar-refractivity contribution in [2.24, 2.45) is 0 Å². The maximum absolute atomic E-state index is 13.4. The van der Waals surface area contributed by atoms with Gasteiger partial charge in [0.1, 0.15) is 11.7 Å². The van der Waals surface area contributed by atoms with Crippen molar-refractivity contribution in [1.82, 2.24) is 0 Å². The Kier molecular flexibility index (Phi) is 4.19. The van der Waals surface area contributed by atoms with Gasteiger partial charge in [-0.25, -0.2) is 4.39 Å². The number of carbonyl (C=O) groups is 1. The molecule has 0 aromatic heterocycles. The molecule has 0 amide bonds. The number of carbonyl (C=O) groups excluding carboxylic acids is 1. The Bertz CT molecular complexity index is 511. The van der Waals surface area contributed by atoms with Crippen LogP contribution in [0.2, 0.25) is 0 Å². The second-order valence-electron chi connectivity index (χ2n) is 3.35. The predicted octanol–water partition coefficient (Wildman–Crippen LogP) is 0.970. The van der Waals surface area contributed by atoms with E-state index >= 15 is 0 Å². The molecule has 0 aliphatic carbocycles. The third-order valence-corrected chi connectivity index (χ3v) is 2.90. The highest BCUT2D eigenvalue weighted by Gasteiger charge is 2.29. The zero-order chi connectivity index (χ0) is 13.1. The van der Waals surface area contributed by atoms with E-state index in [0.717, 1.165) is 13.2 Å². The van der Waals surface area contributed by atoms with E-state index in [9.17, 15) is 17.6 Å². The highest BCUT2D eigenvalue weighted by molar-refractivity contribution is 7.85. The molecule has 0 fully saturated rings. The number of ether oxygens (including phenoxy) is 1. The lowest BCUT2D eigenvalue weighted by Crippen LogP contribution is -2.23. The van der Waals surface area contributed by atoms with Crippen molar-refractivity contribution in [3.05, 3.63) is 35.6 Å². The van der Waals surface area contributed by atoms with Crippen LogP contribution in [-0.2, 0) is 19.6 Å². The van der Waals surface area contributed by atoms with E-state index in [1.807, 2.05) is 0 Å². The predicted molar refractivity (Wildman–Crippen MR) is 57.6 cm³/mol. The summed E-state index contributed by atoms with van der Waals surface area (Å²) >= 11 is 0. The van der Waals surface area contributed by atoms with E-state index in [4.69, 9.17) is 4.55 Å². The van der Waals surface area contributed by atoms with Crippen LogP contribution in [0, 0.1) is 5.82 Å². The fourth-order valence-electron chi connectivity index (χ4n) is 1.40. The smallest absolute Gasteiger partial charge is 0.314 e. The van der Waals surface area contributed by atoms with Crippen molar-refractivity contribution in [3.8, 4) is 0 Å². The molecule has 1 aromatic rings. The van der Waals surface area contributed by atoms with Gasteiger partial charge in [0.2, 0.25) is 0 Å². The first-order valence-corrected chi connectivity index (χ1v) is 6.23. The van der Waals surface area contributed by atoms with Gasteiger partial charge < -0.3 is 4.74 Å². The molecule has 1 N–H and O–H groups in total. The topological polar surface area (TPSA) is 80.7 Å². The van der Waals surface area contributed by atoms with Gasteiger partial charge in [-0.05, 0) is 6.07 Å². The molecule has 0 saturated carbocycles. The summed E-state index contributed by atoms with van der Waals surface area (Å²) in [6.45, 7) is 0. The third kappa shape index (κ3) is 3.79. The molecule has 0 heterocycles. The van der Waals surface area contributed by atoms with E-state index in [2.05, 4.69) is 4.74 Å². The Morgan fingerprint density at radius 2 is 2.06 bits per heavy atom. The molecule has 1 unspecified atom stereocenters. The van der Waals surface area contributed by atoms with E-state index < -0.39 is 33.6 Å². The minimum absolute atomic E-state index is 0.128. The van der Waals surface area contributed by atoms with Crippen LogP contribution >= 0.6 is 0 Å². The number of methoxy groups -OCH3 is 1. The largest absolute Gasteiger partial charge is 0.469 e. The van der Waals surface area contributed by atoms with Gasteiger partial charge in [-0.1, -0.05) is 18.2 Å². The Morgan fingerprint density at radius 3 is 2.53 bits per heavy atom. The zero-order valence-corrected chi connectivity index (χ0v) is 9.78. The van der Waals surface area contributed by atoms with Gasteiger partial charge in [0.15, 0.2) is 0 Å². The average molecular weight is 262 g/mol. The van der Waals surface area contributed by atoms with Crippen molar-refractivity contribution in [2.75, 3.05) is 12.9 Å². The number of hydrogen-bond donors (Lipinski definition) is 1. The first kappa shape index (κ1) is 13.6. The minimum atomic E-state index is -4.41. The summed E-state index contributed by atoms with van der Waals surface area (Å²) in [5.41, 5.74) is -0.128. The summed E-state index contributed by atoms with van der Waals surface area (Å²) in [5, 5.41) is 0. The maximum atomic E-state index is 13.4. The first-order valence-electron chi connectivity index (χ1n) is 4.62. The monoisotopic (exact) mass is 262 g/mol. The molecule has 5 nitrogen and oxygen atoms in total. The van der Waals surface area contributed by atoms with Crippen LogP contribution in [0.1, 0.15) is 11.5 Å². The van der Waals surface area contributed by atoms with Gasteiger partial charge in [0.05, 0.1) is 12.9 Å². The maximum Gasteiger partial charge on any atom is 0.314 e. The second kappa shape index (κ2) is 5.24. The van der Waals surface area contributed by atoms with E-state index in [1.54, 1.807) is 0 Å². The number of rotatable bonds is 4. The van der Waals surface area contributed by atoms with Crippen LogP contribution in [0.4, 0.5) is 4.39 Å².